The van der Waals surface area contributed by atoms with Crippen LogP contribution in [-0.4, -0.2) is 30.8 Å². The number of carbonyl (C=O) groups excluding carboxylic acids is 1. The van der Waals surface area contributed by atoms with Crippen molar-refractivity contribution < 1.29 is 18.1 Å². The Morgan fingerprint density at radius 3 is 2.75 bits per heavy atom. The standard InChI is InChI=1S/C11H11N3O5S/c12-5-2-6-20(18,19)8-11(15)13-9-3-1-4-10(7-9)14(16)17/h1,3-4,7H,2,6,8H2,(H,13,15). The zero-order chi connectivity index (χ0) is 15.2. The number of nitro groups is 1. The highest BCUT2D eigenvalue weighted by atomic mass is 32.2. The molecule has 0 aliphatic carbocycles. The summed E-state index contributed by atoms with van der Waals surface area (Å²) >= 11 is 0. The third-order valence-electron chi connectivity index (χ3n) is 2.22. The molecule has 1 aromatic rings. The predicted octanol–water partition coefficient (Wildman–Crippen LogP) is 0.862. The molecule has 0 aromatic heterocycles. The van der Waals surface area contributed by atoms with Crippen molar-refractivity contribution in [3.05, 3.63) is 34.4 Å². The summed E-state index contributed by atoms with van der Waals surface area (Å²) in [7, 11) is -3.66. The monoisotopic (exact) mass is 297 g/mol. The maximum atomic E-state index is 11.5. The SMILES string of the molecule is N#CCCS(=O)(=O)CC(=O)Nc1cccc([N+](=O)[O-])c1. The third-order valence-corrected chi connectivity index (χ3v) is 3.74. The highest BCUT2D eigenvalue weighted by molar-refractivity contribution is 7.92. The molecule has 8 nitrogen and oxygen atoms in total. The third kappa shape index (κ3) is 5.03. The first-order chi connectivity index (χ1) is 9.34. The van der Waals surface area contributed by atoms with E-state index >= 15 is 0 Å². The van der Waals surface area contributed by atoms with Gasteiger partial charge in [-0.15, -0.1) is 0 Å². The lowest BCUT2D eigenvalue weighted by atomic mass is 10.3. The van der Waals surface area contributed by atoms with Gasteiger partial charge in [0, 0.05) is 24.2 Å². The predicted molar refractivity (Wildman–Crippen MR) is 70.6 cm³/mol. The fraction of sp³-hybridized carbons (Fsp3) is 0.273. The molecule has 1 N–H and O–H groups in total. The second-order valence-corrected chi connectivity index (χ2v) is 6.04. The van der Waals surface area contributed by atoms with Gasteiger partial charge < -0.3 is 5.32 Å². The van der Waals surface area contributed by atoms with Crippen LogP contribution in [0.1, 0.15) is 6.42 Å². The van der Waals surface area contributed by atoms with E-state index in [1.165, 1.54) is 18.2 Å². The quantitative estimate of drug-likeness (QED) is 0.612. The van der Waals surface area contributed by atoms with Gasteiger partial charge in [-0.1, -0.05) is 6.07 Å². The van der Waals surface area contributed by atoms with Gasteiger partial charge in [0.25, 0.3) is 5.69 Å². The van der Waals surface area contributed by atoms with Gasteiger partial charge in [0.15, 0.2) is 9.84 Å². The number of rotatable bonds is 6. The zero-order valence-corrected chi connectivity index (χ0v) is 11.1. The second kappa shape index (κ2) is 6.63. The molecule has 20 heavy (non-hydrogen) atoms. The maximum absolute atomic E-state index is 11.5. The summed E-state index contributed by atoms with van der Waals surface area (Å²) in [6.45, 7) is 0. The molecule has 0 saturated heterocycles. The average Bonchev–Trinajstić information content (AvgIpc) is 2.36. The van der Waals surface area contributed by atoms with Crippen LogP contribution < -0.4 is 5.32 Å². The van der Waals surface area contributed by atoms with Crippen molar-refractivity contribution in [2.24, 2.45) is 0 Å². The summed E-state index contributed by atoms with van der Waals surface area (Å²) in [5, 5.41) is 21.1. The molecule has 9 heteroatoms. The van der Waals surface area contributed by atoms with Gasteiger partial charge in [-0.05, 0) is 6.07 Å². The van der Waals surface area contributed by atoms with Gasteiger partial charge >= 0.3 is 0 Å². The van der Waals surface area contributed by atoms with E-state index in [4.69, 9.17) is 5.26 Å². The van der Waals surface area contributed by atoms with Crippen LogP contribution in [0.3, 0.4) is 0 Å². The Kier molecular flexibility index (Phi) is 5.16. The summed E-state index contributed by atoms with van der Waals surface area (Å²) < 4.78 is 22.9. The Bertz CT molecular complexity index is 663. The molecule has 1 amide bonds. The van der Waals surface area contributed by atoms with Gasteiger partial charge in [0.05, 0.1) is 16.7 Å². The van der Waals surface area contributed by atoms with Crippen LogP contribution in [0.25, 0.3) is 0 Å². The van der Waals surface area contributed by atoms with Crippen molar-refractivity contribution in [3.8, 4) is 6.07 Å². The van der Waals surface area contributed by atoms with Gasteiger partial charge in [-0.25, -0.2) is 8.42 Å². The van der Waals surface area contributed by atoms with Crippen LogP contribution in [0.4, 0.5) is 11.4 Å². The Morgan fingerprint density at radius 2 is 2.15 bits per heavy atom. The number of hydrogen-bond donors (Lipinski definition) is 1. The number of benzene rings is 1. The summed E-state index contributed by atoms with van der Waals surface area (Å²) in [6, 6.07) is 6.84. The highest BCUT2D eigenvalue weighted by Gasteiger charge is 2.17. The molecule has 1 rings (SSSR count). The Hall–Kier alpha value is -2.47. The molecule has 0 radical (unpaired) electrons. The molecular formula is C11H11N3O5S. The number of non-ortho nitro benzene ring substituents is 1. The van der Waals surface area contributed by atoms with Crippen LogP contribution in [0.5, 0.6) is 0 Å². The topological polar surface area (TPSA) is 130 Å². The molecule has 0 heterocycles. The summed E-state index contributed by atoms with van der Waals surface area (Å²) in [6.07, 6.45) is -0.188. The number of nitriles is 1. The summed E-state index contributed by atoms with van der Waals surface area (Å²) in [4.78, 5) is 21.5. The van der Waals surface area contributed by atoms with Crippen molar-refractivity contribution in [3.63, 3.8) is 0 Å². The van der Waals surface area contributed by atoms with Gasteiger partial charge in [-0.3, -0.25) is 14.9 Å². The number of anilines is 1. The minimum absolute atomic E-state index is 0.139. The molecule has 0 bridgehead atoms. The molecule has 0 spiro atoms. The van der Waals surface area contributed by atoms with E-state index in [0.29, 0.717) is 0 Å². The van der Waals surface area contributed by atoms with Crippen molar-refractivity contribution in [2.75, 3.05) is 16.8 Å². The first-order valence-electron chi connectivity index (χ1n) is 5.46. The molecule has 0 saturated carbocycles. The van der Waals surface area contributed by atoms with E-state index < -0.39 is 32.2 Å². The smallest absolute Gasteiger partial charge is 0.271 e. The van der Waals surface area contributed by atoms with E-state index in [0.717, 1.165) is 6.07 Å². The molecule has 0 unspecified atom stereocenters. The fourth-order valence-electron chi connectivity index (χ4n) is 1.37. The molecule has 0 aliphatic rings. The van der Waals surface area contributed by atoms with Gasteiger partial charge in [0.2, 0.25) is 5.91 Å². The van der Waals surface area contributed by atoms with Gasteiger partial charge in [0.1, 0.15) is 5.75 Å². The van der Waals surface area contributed by atoms with Crippen LogP contribution >= 0.6 is 0 Å². The number of carbonyl (C=O) groups is 1. The first-order valence-corrected chi connectivity index (χ1v) is 7.28. The molecule has 106 valence electrons. The number of sulfone groups is 1. The fourth-order valence-corrected chi connectivity index (χ4v) is 2.39. The number of amides is 1. The average molecular weight is 297 g/mol. The number of nitrogens with zero attached hydrogens (tertiary/aromatic N) is 2. The Morgan fingerprint density at radius 1 is 1.45 bits per heavy atom. The molecule has 0 aliphatic heterocycles. The van der Waals surface area contributed by atoms with E-state index in [2.05, 4.69) is 5.32 Å². The summed E-state index contributed by atoms with van der Waals surface area (Å²) in [5.74, 6) is -1.97. The molecular weight excluding hydrogens is 286 g/mol. The van der Waals surface area contributed by atoms with Crippen molar-refractivity contribution in [1.29, 1.82) is 5.26 Å². The van der Waals surface area contributed by atoms with E-state index in [-0.39, 0.29) is 17.8 Å². The van der Waals surface area contributed by atoms with Crippen LogP contribution in [-0.2, 0) is 14.6 Å². The number of hydrogen-bond acceptors (Lipinski definition) is 6. The van der Waals surface area contributed by atoms with Crippen molar-refractivity contribution >= 4 is 27.1 Å². The normalized spacial score (nSPS) is 10.6. The van der Waals surface area contributed by atoms with Crippen LogP contribution in [0.2, 0.25) is 0 Å². The van der Waals surface area contributed by atoms with E-state index in [1.54, 1.807) is 6.07 Å². The second-order valence-electron chi connectivity index (χ2n) is 3.86. The maximum Gasteiger partial charge on any atom is 0.271 e. The first kappa shape index (κ1) is 15.6. The minimum atomic E-state index is -3.66. The minimum Gasteiger partial charge on any atom is -0.325 e. The molecule has 1 aromatic carbocycles. The van der Waals surface area contributed by atoms with Crippen LogP contribution in [0, 0.1) is 21.4 Å². The zero-order valence-electron chi connectivity index (χ0n) is 10.3. The van der Waals surface area contributed by atoms with Gasteiger partial charge in [-0.2, -0.15) is 5.26 Å². The van der Waals surface area contributed by atoms with Crippen molar-refractivity contribution in [2.45, 2.75) is 6.42 Å². The lowest BCUT2D eigenvalue weighted by Gasteiger charge is -2.05. The highest BCUT2D eigenvalue weighted by Crippen LogP contribution is 2.16. The number of nitrogens with one attached hydrogen (secondary N) is 1. The van der Waals surface area contributed by atoms with E-state index in [1.807, 2.05) is 0 Å². The lowest BCUT2D eigenvalue weighted by Crippen LogP contribution is -2.24. The van der Waals surface area contributed by atoms with Crippen LogP contribution in [0.15, 0.2) is 24.3 Å². The molecule has 0 fully saturated rings. The Labute approximate surface area is 115 Å². The van der Waals surface area contributed by atoms with E-state index in [9.17, 15) is 23.3 Å². The lowest BCUT2D eigenvalue weighted by molar-refractivity contribution is -0.384. The number of nitro benzene ring substituents is 1. The molecule has 0 atom stereocenters. The largest absolute Gasteiger partial charge is 0.325 e. The Balaban J connectivity index is 2.70. The summed E-state index contributed by atoms with van der Waals surface area (Å²) in [5.41, 5.74) is -0.0742. The van der Waals surface area contributed by atoms with Crippen molar-refractivity contribution in [1.82, 2.24) is 0 Å².